The predicted octanol–water partition coefficient (Wildman–Crippen LogP) is 2.81. The molecule has 1 N–H and O–H groups in total. The molecule has 6 heteroatoms. The van der Waals surface area contributed by atoms with Crippen molar-refractivity contribution in [1.29, 1.82) is 0 Å². The average Bonchev–Trinajstić information content (AvgIpc) is 2.86. The van der Waals surface area contributed by atoms with E-state index in [-0.39, 0.29) is 5.88 Å². The van der Waals surface area contributed by atoms with Crippen molar-refractivity contribution >= 4 is 11.6 Å². The molecule has 94 valence electrons. The maximum atomic E-state index is 10.4. The Kier molecular flexibility index (Phi) is 3.47. The molecular formula is C12H12N2O4. The summed E-state index contributed by atoms with van der Waals surface area (Å²) in [5, 5.41) is 13.5. The van der Waals surface area contributed by atoms with E-state index in [1.165, 1.54) is 6.07 Å². The van der Waals surface area contributed by atoms with Gasteiger partial charge in [0.05, 0.1) is 19.7 Å². The van der Waals surface area contributed by atoms with Crippen LogP contribution < -0.4 is 10.1 Å². The lowest BCUT2D eigenvalue weighted by Gasteiger charge is -2.05. The molecule has 0 aliphatic heterocycles. The Morgan fingerprint density at radius 1 is 1.28 bits per heavy atom. The number of ether oxygens (including phenoxy) is 1. The third-order valence-corrected chi connectivity index (χ3v) is 2.38. The number of methoxy groups -OCH3 is 1. The molecule has 0 amide bonds. The fourth-order valence-corrected chi connectivity index (χ4v) is 1.46. The van der Waals surface area contributed by atoms with Crippen LogP contribution in [0.5, 0.6) is 5.75 Å². The van der Waals surface area contributed by atoms with E-state index >= 15 is 0 Å². The second kappa shape index (κ2) is 5.22. The summed E-state index contributed by atoms with van der Waals surface area (Å²) >= 11 is 0. The van der Waals surface area contributed by atoms with Gasteiger partial charge in [0.25, 0.3) is 0 Å². The van der Waals surface area contributed by atoms with Gasteiger partial charge in [0.1, 0.15) is 16.4 Å². The number of nitrogens with zero attached hydrogens (tertiary/aromatic N) is 1. The van der Waals surface area contributed by atoms with Crippen molar-refractivity contribution in [3.63, 3.8) is 0 Å². The van der Waals surface area contributed by atoms with E-state index < -0.39 is 4.92 Å². The predicted molar refractivity (Wildman–Crippen MR) is 65.7 cm³/mol. The van der Waals surface area contributed by atoms with Gasteiger partial charge in [-0.3, -0.25) is 10.1 Å². The Labute approximate surface area is 103 Å². The number of hydrogen-bond acceptors (Lipinski definition) is 5. The standard InChI is InChI=1S/C12H12N2O4/c1-17-10-4-2-9(3-5-10)13-8-11-6-7-12(18-11)14(15)16/h2-7,13H,8H2,1H3. The first-order valence-electron chi connectivity index (χ1n) is 5.30. The molecule has 1 aromatic carbocycles. The van der Waals surface area contributed by atoms with Gasteiger partial charge < -0.3 is 14.5 Å². The van der Waals surface area contributed by atoms with E-state index in [2.05, 4.69) is 5.32 Å². The molecule has 18 heavy (non-hydrogen) atoms. The third kappa shape index (κ3) is 2.79. The van der Waals surface area contributed by atoms with Gasteiger partial charge in [-0.05, 0) is 30.3 Å². The summed E-state index contributed by atoms with van der Waals surface area (Å²) in [7, 11) is 1.60. The van der Waals surface area contributed by atoms with Gasteiger partial charge in [0.2, 0.25) is 0 Å². The number of nitrogens with one attached hydrogen (secondary N) is 1. The van der Waals surface area contributed by atoms with Crippen molar-refractivity contribution in [2.24, 2.45) is 0 Å². The van der Waals surface area contributed by atoms with Crippen LogP contribution in [-0.2, 0) is 6.54 Å². The molecule has 2 rings (SSSR count). The first kappa shape index (κ1) is 12.0. The van der Waals surface area contributed by atoms with Crippen LogP contribution in [0.3, 0.4) is 0 Å². The van der Waals surface area contributed by atoms with Crippen molar-refractivity contribution in [3.05, 3.63) is 52.3 Å². The van der Waals surface area contributed by atoms with E-state index in [9.17, 15) is 10.1 Å². The lowest BCUT2D eigenvalue weighted by atomic mass is 10.3. The summed E-state index contributed by atoms with van der Waals surface area (Å²) in [6.45, 7) is 0.389. The minimum Gasteiger partial charge on any atom is -0.497 e. The highest BCUT2D eigenvalue weighted by molar-refractivity contribution is 5.46. The molecule has 1 heterocycles. The zero-order valence-corrected chi connectivity index (χ0v) is 9.75. The van der Waals surface area contributed by atoms with Crippen molar-refractivity contribution in [2.75, 3.05) is 12.4 Å². The fraction of sp³-hybridized carbons (Fsp3) is 0.167. The van der Waals surface area contributed by atoms with Crippen molar-refractivity contribution < 1.29 is 14.1 Å². The van der Waals surface area contributed by atoms with Gasteiger partial charge in [-0.1, -0.05) is 0 Å². The zero-order valence-electron chi connectivity index (χ0n) is 9.75. The van der Waals surface area contributed by atoms with Gasteiger partial charge in [0.15, 0.2) is 0 Å². The van der Waals surface area contributed by atoms with Crippen LogP contribution >= 0.6 is 0 Å². The van der Waals surface area contributed by atoms with Gasteiger partial charge in [-0.15, -0.1) is 0 Å². The van der Waals surface area contributed by atoms with Crippen molar-refractivity contribution in [2.45, 2.75) is 6.54 Å². The maximum absolute atomic E-state index is 10.4. The summed E-state index contributed by atoms with van der Waals surface area (Å²) in [6, 6.07) is 10.3. The number of furan rings is 1. The monoisotopic (exact) mass is 248 g/mol. The molecule has 0 bridgehead atoms. The number of anilines is 1. The van der Waals surface area contributed by atoms with E-state index in [1.54, 1.807) is 13.2 Å². The second-order valence-electron chi connectivity index (χ2n) is 3.58. The molecule has 0 radical (unpaired) electrons. The zero-order chi connectivity index (χ0) is 13.0. The number of benzene rings is 1. The Morgan fingerprint density at radius 2 is 2.00 bits per heavy atom. The second-order valence-corrected chi connectivity index (χ2v) is 3.58. The van der Waals surface area contributed by atoms with Gasteiger partial charge in [-0.25, -0.2) is 0 Å². The smallest absolute Gasteiger partial charge is 0.433 e. The molecular weight excluding hydrogens is 236 g/mol. The van der Waals surface area contributed by atoms with Crippen LogP contribution in [0.1, 0.15) is 5.76 Å². The minimum atomic E-state index is -0.559. The minimum absolute atomic E-state index is 0.249. The van der Waals surface area contributed by atoms with Crippen LogP contribution in [0.2, 0.25) is 0 Å². The molecule has 0 aliphatic rings. The fourth-order valence-electron chi connectivity index (χ4n) is 1.46. The van der Waals surface area contributed by atoms with Gasteiger partial charge in [0, 0.05) is 5.69 Å². The molecule has 0 saturated carbocycles. The third-order valence-electron chi connectivity index (χ3n) is 2.38. The highest BCUT2D eigenvalue weighted by atomic mass is 16.6. The van der Waals surface area contributed by atoms with E-state index in [0.29, 0.717) is 12.3 Å². The SMILES string of the molecule is COc1ccc(NCc2ccc([N+](=O)[O-])o2)cc1. The van der Waals surface area contributed by atoms with Crippen molar-refractivity contribution in [3.8, 4) is 5.75 Å². The summed E-state index contributed by atoms with van der Waals surface area (Å²) < 4.78 is 10.1. The number of rotatable bonds is 5. The molecule has 0 aliphatic carbocycles. The number of hydrogen-bond donors (Lipinski definition) is 1. The van der Waals surface area contributed by atoms with Crippen LogP contribution in [0.4, 0.5) is 11.6 Å². The summed E-state index contributed by atoms with van der Waals surface area (Å²) in [6.07, 6.45) is 0. The molecule has 0 unspecified atom stereocenters. The Morgan fingerprint density at radius 3 is 2.56 bits per heavy atom. The topological polar surface area (TPSA) is 77.5 Å². The largest absolute Gasteiger partial charge is 0.497 e. The van der Waals surface area contributed by atoms with Crippen LogP contribution in [0, 0.1) is 10.1 Å². The summed E-state index contributed by atoms with van der Waals surface area (Å²) in [5.41, 5.74) is 0.884. The van der Waals surface area contributed by atoms with Crippen LogP contribution in [0.15, 0.2) is 40.8 Å². The van der Waals surface area contributed by atoms with Gasteiger partial charge in [-0.2, -0.15) is 0 Å². The molecule has 0 spiro atoms. The van der Waals surface area contributed by atoms with Crippen LogP contribution in [0.25, 0.3) is 0 Å². The molecule has 1 aromatic heterocycles. The van der Waals surface area contributed by atoms with E-state index in [0.717, 1.165) is 11.4 Å². The van der Waals surface area contributed by atoms with E-state index in [4.69, 9.17) is 9.15 Å². The lowest BCUT2D eigenvalue weighted by molar-refractivity contribution is -0.402. The Bertz CT molecular complexity index is 533. The highest BCUT2D eigenvalue weighted by Crippen LogP contribution is 2.18. The molecule has 0 fully saturated rings. The first-order chi connectivity index (χ1) is 8.69. The van der Waals surface area contributed by atoms with Crippen LogP contribution in [-0.4, -0.2) is 12.0 Å². The molecule has 0 saturated heterocycles. The summed E-state index contributed by atoms with van der Waals surface area (Å²) in [4.78, 5) is 9.88. The normalized spacial score (nSPS) is 10.1. The highest BCUT2D eigenvalue weighted by Gasteiger charge is 2.11. The van der Waals surface area contributed by atoms with Crippen molar-refractivity contribution in [1.82, 2.24) is 0 Å². The van der Waals surface area contributed by atoms with Gasteiger partial charge >= 0.3 is 5.88 Å². The maximum Gasteiger partial charge on any atom is 0.433 e. The molecule has 2 aromatic rings. The number of nitro groups is 1. The Hall–Kier alpha value is -2.50. The first-order valence-corrected chi connectivity index (χ1v) is 5.30. The summed E-state index contributed by atoms with van der Waals surface area (Å²) in [5.74, 6) is 1.04. The quantitative estimate of drug-likeness (QED) is 0.650. The van der Waals surface area contributed by atoms with E-state index in [1.807, 2.05) is 24.3 Å². The lowest BCUT2D eigenvalue weighted by Crippen LogP contribution is -1.97. The average molecular weight is 248 g/mol. The molecule has 6 nitrogen and oxygen atoms in total. The molecule has 0 atom stereocenters. The Balaban J connectivity index is 1.95.